The largest absolute Gasteiger partial charge is 0.365 e. The maximum atomic E-state index is 4.54. The average molecular weight is 344 g/mol. The molecule has 20 heavy (non-hydrogen) atoms. The Kier molecular flexibility index (Phi) is 7.23. The van der Waals surface area contributed by atoms with E-state index in [9.17, 15) is 0 Å². The van der Waals surface area contributed by atoms with Crippen LogP contribution in [0.15, 0.2) is 10.7 Å². The van der Waals surface area contributed by atoms with E-state index >= 15 is 0 Å². The number of aromatic nitrogens is 2. The Morgan fingerprint density at radius 2 is 2.05 bits per heavy atom. The first kappa shape index (κ1) is 17.2. The fraction of sp³-hybridized carbons (Fsp3) is 0.714. The third kappa shape index (κ3) is 5.63. The molecule has 0 fully saturated rings. The number of hydrogen-bond donors (Lipinski definition) is 2. The van der Waals surface area contributed by atoms with Gasteiger partial charge in [0.2, 0.25) is 5.95 Å². The van der Waals surface area contributed by atoms with E-state index in [2.05, 4.69) is 76.3 Å². The van der Waals surface area contributed by atoms with Gasteiger partial charge < -0.3 is 15.5 Å². The molecule has 1 atom stereocenters. The zero-order valence-corrected chi connectivity index (χ0v) is 14.7. The molecule has 1 heterocycles. The van der Waals surface area contributed by atoms with Crippen molar-refractivity contribution in [2.24, 2.45) is 5.92 Å². The average Bonchev–Trinajstić information content (AvgIpc) is 2.38. The Hall–Kier alpha value is -0.880. The summed E-state index contributed by atoms with van der Waals surface area (Å²) in [5, 5.41) is 6.73. The van der Waals surface area contributed by atoms with Gasteiger partial charge in [0.15, 0.2) is 0 Å². The molecule has 0 amide bonds. The predicted octanol–water partition coefficient (Wildman–Crippen LogP) is 3.06. The Labute approximate surface area is 130 Å². The molecule has 1 aromatic heterocycles. The third-order valence-corrected chi connectivity index (χ3v) is 3.55. The molecular weight excluding hydrogens is 318 g/mol. The summed E-state index contributed by atoms with van der Waals surface area (Å²) in [5.74, 6) is 2.04. The minimum absolute atomic E-state index is 0.343. The molecule has 0 aliphatic rings. The number of halogens is 1. The van der Waals surface area contributed by atoms with Crippen LogP contribution in [-0.2, 0) is 0 Å². The van der Waals surface area contributed by atoms with Gasteiger partial charge in [-0.15, -0.1) is 0 Å². The SMILES string of the molecule is CCCNc1ncc(Br)c(NC(CN(C)C)C(C)C)n1. The molecule has 1 aromatic rings. The second-order valence-electron chi connectivity index (χ2n) is 5.57. The van der Waals surface area contributed by atoms with Crippen LogP contribution in [0.5, 0.6) is 0 Å². The number of rotatable bonds is 8. The summed E-state index contributed by atoms with van der Waals surface area (Å²) in [4.78, 5) is 11.0. The van der Waals surface area contributed by atoms with E-state index in [1.807, 2.05) is 0 Å². The van der Waals surface area contributed by atoms with Crippen molar-refractivity contribution in [1.82, 2.24) is 14.9 Å². The van der Waals surface area contributed by atoms with E-state index in [4.69, 9.17) is 0 Å². The highest BCUT2D eigenvalue weighted by Crippen LogP contribution is 2.22. The molecule has 0 bridgehead atoms. The monoisotopic (exact) mass is 343 g/mol. The lowest BCUT2D eigenvalue weighted by atomic mass is 10.0. The molecule has 0 saturated carbocycles. The zero-order valence-electron chi connectivity index (χ0n) is 13.1. The molecule has 1 rings (SSSR count). The molecule has 0 aliphatic carbocycles. The molecular formula is C14H26BrN5. The second kappa shape index (κ2) is 8.42. The van der Waals surface area contributed by atoms with Crippen LogP contribution in [0.4, 0.5) is 11.8 Å². The Balaban J connectivity index is 2.82. The van der Waals surface area contributed by atoms with E-state index in [-0.39, 0.29) is 0 Å². The Morgan fingerprint density at radius 3 is 2.60 bits per heavy atom. The van der Waals surface area contributed by atoms with Gasteiger partial charge in [-0.3, -0.25) is 0 Å². The van der Waals surface area contributed by atoms with Gasteiger partial charge in [-0.05, 0) is 42.4 Å². The standard InChI is InChI=1S/C14H26BrN5/c1-6-7-16-14-17-8-11(15)13(19-14)18-12(10(2)3)9-20(4)5/h8,10,12H,6-7,9H2,1-5H3,(H2,16,17,18,19). The molecule has 0 saturated heterocycles. The smallest absolute Gasteiger partial charge is 0.224 e. The van der Waals surface area contributed by atoms with Crippen molar-refractivity contribution < 1.29 is 0 Å². The highest BCUT2D eigenvalue weighted by Gasteiger charge is 2.16. The highest BCUT2D eigenvalue weighted by molar-refractivity contribution is 9.10. The highest BCUT2D eigenvalue weighted by atomic mass is 79.9. The minimum Gasteiger partial charge on any atom is -0.365 e. The lowest BCUT2D eigenvalue weighted by Crippen LogP contribution is -2.36. The van der Waals surface area contributed by atoms with Gasteiger partial charge in [-0.1, -0.05) is 20.8 Å². The molecule has 0 aromatic carbocycles. The molecule has 0 spiro atoms. The molecule has 1 unspecified atom stereocenters. The van der Waals surface area contributed by atoms with Crippen molar-refractivity contribution in [1.29, 1.82) is 0 Å². The summed E-state index contributed by atoms with van der Waals surface area (Å²) >= 11 is 3.51. The van der Waals surface area contributed by atoms with E-state index in [1.54, 1.807) is 6.20 Å². The van der Waals surface area contributed by atoms with Gasteiger partial charge in [-0.25, -0.2) is 4.98 Å². The fourth-order valence-electron chi connectivity index (χ4n) is 1.78. The molecule has 2 N–H and O–H groups in total. The van der Waals surface area contributed by atoms with Crippen molar-refractivity contribution in [3.8, 4) is 0 Å². The first-order chi connectivity index (χ1) is 9.43. The van der Waals surface area contributed by atoms with Crippen LogP contribution in [0.3, 0.4) is 0 Å². The van der Waals surface area contributed by atoms with Crippen LogP contribution in [0.1, 0.15) is 27.2 Å². The summed E-state index contributed by atoms with van der Waals surface area (Å²) in [6.45, 7) is 8.40. The lowest BCUT2D eigenvalue weighted by Gasteiger charge is -2.26. The number of likely N-dealkylation sites (N-methyl/N-ethyl adjacent to an activating group) is 1. The summed E-state index contributed by atoms with van der Waals surface area (Å²) in [6.07, 6.45) is 2.85. The maximum absolute atomic E-state index is 4.54. The van der Waals surface area contributed by atoms with Gasteiger partial charge in [0.05, 0.1) is 4.47 Å². The normalized spacial score (nSPS) is 12.8. The van der Waals surface area contributed by atoms with E-state index in [0.29, 0.717) is 17.9 Å². The van der Waals surface area contributed by atoms with Crippen molar-refractivity contribution in [2.45, 2.75) is 33.2 Å². The topological polar surface area (TPSA) is 53.1 Å². The Morgan fingerprint density at radius 1 is 1.35 bits per heavy atom. The number of anilines is 2. The van der Waals surface area contributed by atoms with Gasteiger partial charge in [0, 0.05) is 25.3 Å². The number of nitrogens with zero attached hydrogens (tertiary/aromatic N) is 3. The summed E-state index contributed by atoms with van der Waals surface area (Å²) in [5.41, 5.74) is 0. The fourth-order valence-corrected chi connectivity index (χ4v) is 2.09. The van der Waals surface area contributed by atoms with Crippen LogP contribution in [0.2, 0.25) is 0 Å². The van der Waals surface area contributed by atoms with Crippen LogP contribution < -0.4 is 10.6 Å². The molecule has 114 valence electrons. The molecule has 0 aliphatic heterocycles. The van der Waals surface area contributed by atoms with Crippen LogP contribution in [0, 0.1) is 5.92 Å². The summed E-state index contributed by atoms with van der Waals surface area (Å²) in [7, 11) is 4.17. The van der Waals surface area contributed by atoms with E-state index in [0.717, 1.165) is 29.8 Å². The van der Waals surface area contributed by atoms with Crippen LogP contribution >= 0.6 is 15.9 Å². The third-order valence-electron chi connectivity index (χ3n) is 2.97. The summed E-state index contributed by atoms with van der Waals surface area (Å²) < 4.78 is 0.893. The zero-order chi connectivity index (χ0) is 15.1. The van der Waals surface area contributed by atoms with E-state index < -0.39 is 0 Å². The lowest BCUT2D eigenvalue weighted by molar-refractivity contribution is 0.344. The van der Waals surface area contributed by atoms with Crippen molar-refractivity contribution in [2.75, 3.05) is 37.8 Å². The maximum Gasteiger partial charge on any atom is 0.224 e. The predicted molar refractivity (Wildman–Crippen MR) is 89.3 cm³/mol. The van der Waals surface area contributed by atoms with Crippen molar-refractivity contribution >= 4 is 27.7 Å². The van der Waals surface area contributed by atoms with E-state index in [1.165, 1.54) is 0 Å². The van der Waals surface area contributed by atoms with Gasteiger partial charge in [0.25, 0.3) is 0 Å². The van der Waals surface area contributed by atoms with Crippen LogP contribution in [-0.4, -0.2) is 48.1 Å². The minimum atomic E-state index is 0.343. The Bertz CT molecular complexity index is 409. The van der Waals surface area contributed by atoms with Crippen molar-refractivity contribution in [3.63, 3.8) is 0 Å². The van der Waals surface area contributed by atoms with Gasteiger partial charge in [0.1, 0.15) is 5.82 Å². The summed E-state index contributed by atoms with van der Waals surface area (Å²) in [6, 6.07) is 0.343. The molecule has 6 heteroatoms. The molecule has 5 nitrogen and oxygen atoms in total. The van der Waals surface area contributed by atoms with Crippen molar-refractivity contribution in [3.05, 3.63) is 10.7 Å². The van der Waals surface area contributed by atoms with Gasteiger partial charge >= 0.3 is 0 Å². The second-order valence-corrected chi connectivity index (χ2v) is 6.43. The van der Waals surface area contributed by atoms with Crippen LogP contribution in [0.25, 0.3) is 0 Å². The first-order valence-corrected chi connectivity index (χ1v) is 7.91. The number of nitrogens with one attached hydrogen (secondary N) is 2. The number of hydrogen-bond acceptors (Lipinski definition) is 5. The quantitative estimate of drug-likeness (QED) is 0.759. The molecule has 0 radical (unpaired) electrons. The first-order valence-electron chi connectivity index (χ1n) is 7.11. The van der Waals surface area contributed by atoms with Gasteiger partial charge in [-0.2, -0.15) is 4.98 Å².